The van der Waals surface area contributed by atoms with Crippen LogP contribution in [0.5, 0.6) is 0 Å². The fourth-order valence-electron chi connectivity index (χ4n) is 3.61. The number of hydrogen-bond donors (Lipinski definition) is 1. The molecule has 0 unspecified atom stereocenters. The molecule has 2 aromatic carbocycles. The lowest BCUT2D eigenvalue weighted by atomic mass is 9.85. The van der Waals surface area contributed by atoms with E-state index in [1.807, 2.05) is 60.4 Å². The summed E-state index contributed by atoms with van der Waals surface area (Å²) in [5, 5.41) is 8.03. The smallest absolute Gasteiger partial charge is 0.321 e. The molecule has 2 aliphatic heterocycles. The van der Waals surface area contributed by atoms with Crippen molar-refractivity contribution in [1.29, 1.82) is 0 Å². The number of halogens is 1. The van der Waals surface area contributed by atoms with Crippen LogP contribution in [0.2, 0.25) is 5.02 Å². The van der Waals surface area contributed by atoms with Gasteiger partial charge in [0, 0.05) is 43.1 Å². The molecule has 0 atom stereocenters. The van der Waals surface area contributed by atoms with E-state index in [1.165, 1.54) is 0 Å². The molecule has 140 valence electrons. The maximum Gasteiger partial charge on any atom is 0.321 e. The van der Waals surface area contributed by atoms with E-state index >= 15 is 0 Å². The molecule has 0 aliphatic carbocycles. The third kappa shape index (κ3) is 3.78. The number of urea groups is 1. The van der Waals surface area contributed by atoms with Crippen molar-refractivity contribution in [3.63, 3.8) is 0 Å². The number of carbonyl (C=O) groups is 1. The molecule has 0 aromatic heterocycles. The Morgan fingerprint density at radius 2 is 1.85 bits per heavy atom. The van der Waals surface area contributed by atoms with E-state index in [2.05, 4.69) is 10.5 Å². The number of amides is 2. The van der Waals surface area contributed by atoms with E-state index in [1.54, 1.807) is 0 Å². The highest BCUT2D eigenvalue weighted by Crippen LogP contribution is 2.36. The number of rotatable bonds is 2. The first-order valence-electron chi connectivity index (χ1n) is 9.17. The summed E-state index contributed by atoms with van der Waals surface area (Å²) in [5.74, 6) is 0. The zero-order valence-corrected chi connectivity index (χ0v) is 16.0. The third-order valence-electron chi connectivity index (χ3n) is 5.37. The number of anilines is 1. The molecular weight excluding hydrogens is 362 g/mol. The topological polar surface area (TPSA) is 53.9 Å². The molecule has 1 fully saturated rings. The van der Waals surface area contributed by atoms with Crippen molar-refractivity contribution in [3.8, 4) is 0 Å². The standard InChI is InChI=1S/C21H22ClN3O2/c1-15-4-2-3-5-18(15)23-20(26)25-12-10-21(11-13-25)14-19(24-27-21)16-6-8-17(22)9-7-16/h2-9H,10-14H2,1H3,(H,23,26). The van der Waals surface area contributed by atoms with Crippen molar-refractivity contribution in [1.82, 2.24) is 4.90 Å². The largest absolute Gasteiger partial charge is 0.388 e. The number of piperidine rings is 1. The van der Waals surface area contributed by atoms with Gasteiger partial charge in [-0.3, -0.25) is 0 Å². The minimum Gasteiger partial charge on any atom is -0.388 e. The van der Waals surface area contributed by atoms with Gasteiger partial charge in [-0.25, -0.2) is 4.79 Å². The summed E-state index contributed by atoms with van der Waals surface area (Å²) < 4.78 is 0. The van der Waals surface area contributed by atoms with E-state index in [9.17, 15) is 4.79 Å². The Labute approximate surface area is 163 Å². The molecule has 0 radical (unpaired) electrons. The molecule has 1 spiro atoms. The van der Waals surface area contributed by atoms with E-state index in [0.29, 0.717) is 18.1 Å². The first-order chi connectivity index (χ1) is 13.0. The summed E-state index contributed by atoms with van der Waals surface area (Å²) in [6.45, 7) is 3.30. The molecule has 6 heteroatoms. The average Bonchev–Trinajstić information content (AvgIpc) is 3.08. The molecule has 2 aromatic rings. The van der Waals surface area contributed by atoms with Crippen LogP contribution in [-0.4, -0.2) is 35.3 Å². The van der Waals surface area contributed by atoms with Gasteiger partial charge in [0.25, 0.3) is 0 Å². The lowest BCUT2D eigenvalue weighted by Crippen LogP contribution is -2.48. The van der Waals surface area contributed by atoms with Crippen LogP contribution in [0.1, 0.15) is 30.4 Å². The summed E-state index contributed by atoms with van der Waals surface area (Å²) in [6, 6.07) is 15.4. The summed E-state index contributed by atoms with van der Waals surface area (Å²) >= 11 is 5.96. The van der Waals surface area contributed by atoms with E-state index < -0.39 is 0 Å². The third-order valence-corrected chi connectivity index (χ3v) is 5.62. The van der Waals surface area contributed by atoms with E-state index in [4.69, 9.17) is 16.4 Å². The van der Waals surface area contributed by atoms with Crippen molar-refractivity contribution in [3.05, 3.63) is 64.7 Å². The Balaban J connectivity index is 1.35. The Morgan fingerprint density at radius 3 is 2.56 bits per heavy atom. The van der Waals surface area contributed by atoms with Crippen LogP contribution in [0, 0.1) is 6.92 Å². The van der Waals surface area contributed by atoms with Gasteiger partial charge < -0.3 is 15.1 Å². The quantitative estimate of drug-likeness (QED) is 0.806. The number of nitrogens with zero attached hydrogens (tertiary/aromatic N) is 2. The van der Waals surface area contributed by atoms with Crippen LogP contribution >= 0.6 is 11.6 Å². The molecule has 1 N–H and O–H groups in total. The summed E-state index contributed by atoms with van der Waals surface area (Å²) in [6.07, 6.45) is 2.31. The van der Waals surface area contributed by atoms with Crippen LogP contribution in [0.3, 0.4) is 0 Å². The molecule has 0 saturated carbocycles. The number of aryl methyl sites for hydroxylation is 1. The second-order valence-electron chi connectivity index (χ2n) is 7.23. The highest BCUT2D eigenvalue weighted by Gasteiger charge is 2.43. The molecule has 5 nitrogen and oxygen atoms in total. The van der Waals surface area contributed by atoms with Gasteiger partial charge in [0.15, 0.2) is 0 Å². The van der Waals surface area contributed by atoms with Gasteiger partial charge in [-0.05, 0) is 36.2 Å². The fourth-order valence-corrected chi connectivity index (χ4v) is 3.74. The Hall–Kier alpha value is -2.53. The predicted molar refractivity (Wildman–Crippen MR) is 107 cm³/mol. The van der Waals surface area contributed by atoms with Crippen LogP contribution in [0.4, 0.5) is 10.5 Å². The number of carbonyl (C=O) groups excluding carboxylic acids is 1. The van der Waals surface area contributed by atoms with Crippen molar-refractivity contribution < 1.29 is 9.63 Å². The second kappa shape index (κ2) is 7.24. The Morgan fingerprint density at radius 1 is 1.15 bits per heavy atom. The molecule has 4 rings (SSSR count). The maximum atomic E-state index is 12.6. The van der Waals surface area contributed by atoms with Crippen molar-refractivity contribution >= 4 is 29.0 Å². The zero-order chi connectivity index (χ0) is 18.9. The summed E-state index contributed by atoms with van der Waals surface area (Å²) in [7, 11) is 0. The number of oxime groups is 1. The van der Waals surface area contributed by atoms with Crippen LogP contribution < -0.4 is 5.32 Å². The molecular formula is C21H22ClN3O2. The molecule has 2 aliphatic rings. The first kappa shape index (κ1) is 17.9. The highest BCUT2D eigenvalue weighted by atomic mass is 35.5. The molecule has 0 bridgehead atoms. The van der Waals surface area contributed by atoms with Crippen molar-refractivity contribution in [2.45, 2.75) is 31.8 Å². The molecule has 27 heavy (non-hydrogen) atoms. The molecule has 2 amide bonds. The predicted octanol–water partition coefficient (Wildman–Crippen LogP) is 4.84. The minimum absolute atomic E-state index is 0.0593. The second-order valence-corrected chi connectivity index (χ2v) is 7.66. The lowest BCUT2D eigenvalue weighted by Gasteiger charge is -2.37. The SMILES string of the molecule is Cc1ccccc1NC(=O)N1CCC2(CC1)CC(c1ccc(Cl)cc1)=NO2. The van der Waals surface area contributed by atoms with E-state index in [0.717, 1.165) is 41.8 Å². The Bertz CT molecular complexity index is 871. The fraction of sp³-hybridized carbons (Fsp3) is 0.333. The van der Waals surface area contributed by atoms with E-state index in [-0.39, 0.29) is 11.6 Å². The van der Waals surface area contributed by atoms with Crippen molar-refractivity contribution in [2.75, 3.05) is 18.4 Å². The summed E-state index contributed by atoms with van der Waals surface area (Å²) in [4.78, 5) is 20.3. The Kier molecular flexibility index (Phi) is 4.79. The van der Waals surface area contributed by atoms with Crippen LogP contribution in [0.25, 0.3) is 0 Å². The van der Waals surface area contributed by atoms with Gasteiger partial charge in [-0.1, -0.05) is 47.1 Å². The number of hydrogen-bond acceptors (Lipinski definition) is 3. The van der Waals surface area contributed by atoms with Gasteiger partial charge >= 0.3 is 6.03 Å². The summed E-state index contributed by atoms with van der Waals surface area (Å²) in [5.41, 5.74) is 3.60. The average molecular weight is 384 g/mol. The zero-order valence-electron chi connectivity index (χ0n) is 15.2. The number of benzene rings is 2. The van der Waals surface area contributed by atoms with Gasteiger partial charge in [0.2, 0.25) is 0 Å². The molecule has 2 heterocycles. The van der Waals surface area contributed by atoms with Crippen LogP contribution in [0.15, 0.2) is 53.7 Å². The van der Waals surface area contributed by atoms with Gasteiger partial charge in [-0.2, -0.15) is 0 Å². The monoisotopic (exact) mass is 383 g/mol. The van der Waals surface area contributed by atoms with Gasteiger partial charge in [0.1, 0.15) is 5.60 Å². The maximum absolute atomic E-state index is 12.6. The van der Waals surface area contributed by atoms with Crippen molar-refractivity contribution in [2.24, 2.45) is 5.16 Å². The van der Waals surface area contributed by atoms with Crippen LogP contribution in [-0.2, 0) is 4.84 Å². The highest BCUT2D eigenvalue weighted by molar-refractivity contribution is 6.30. The number of likely N-dealkylation sites (tertiary alicyclic amines) is 1. The number of nitrogens with one attached hydrogen (secondary N) is 1. The number of para-hydroxylation sites is 1. The first-order valence-corrected chi connectivity index (χ1v) is 9.55. The molecule has 1 saturated heterocycles. The lowest BCUT2D eigenvalue weighted by molar-refractivity contribution is -0.0544. The minimum atomic E-state index is -0.297. The van der Waals surface area contributed by atoms with Gasteiger partial charge in [0.05, 0.1) is 5.71 Å². The van der Waals surface area contributed by atoms with Gasteiger partial charge in [-0.15, -0.1) is 0 Å². The normalized spacial score (nSPS) is 18.1.